The Kier molecular flexibility index (Phi) is 8.60. The van der Waals surface area contributed by atoms with Gasteiger partial charge in [0, 0.05) is 32.8 Å². The first-order valence-electron chi connectivity index (χ1n) is 9.39. The first-order chi connectivity index (χ1) is 11.8. The lowest BCUT2D eigenvalue weighted by atomic mass is 9.83. The van der Waals surface area contributed by atoms with Crippen molar-refractivity contribution in [3.8, 4) is 0 Å². The summed E-state index contributed by atoms with van der Waals surface area (Å²) in [7, 11) is 0. The highest BCUT2D eigenvalue weighted by atomic mass is 32.1. The zero-order valence-electron chi connectivity index (χ0n) is 15.3. The van der Waals surface area contributed by atoms with Crippen LogP contribution in [0.3, 0.4) is 0 Å². The van der Waals surface area contributed by atoms with Gasteiger partial charge in [-0.3, -0.25) is 4.99 Å². The molecule has 0 spiro atoms. The van der Waals surface area contributed by atoms with E-state index in [-0.39, 0.29) is 0 Å². The maximum absolute atomic E-state index is 5.60. The molecule has 0 amide bonds. The molecule has 2 rings (SSSR count). The van der Waals surface area contributed by atoms with Gasteiger partial charge in [-0.2, -0.15) is 11.3 Å². The van der Waals surface area contributed by atoms with E-state index in [1.165, 1.54) is 31.2 Å². The molecule has 5 heteroatoms. The quantitative estimate of drug-likeness (QED) is 0.382. The molecule has 1 aromatic heterocycles. The van der Waals surface area contributed by atoms with Crippen LogP contribution in [0.15, 0.2) is 21.8 Å². The van der Waals surface area contributed by atoms with Crippen molar-refractivity contribution in [2.45, 2.75) is 52.4 Å². The molecule has 2 N–H and O–H groups in total. The topological polar surface area (TPSA) is 45.7 Å². The maximum atomic E-state index is 5.60. The maximum Gasteiger partial charge on any atom is 0.191 e. The lowest BCUT2D eigenvalue weighted by molar-refractivity contribution is 0.107. The van der Waals surface area contributed by atoms with E-state index in [1.807, 2.05) is 0 Å². The molecule has 1 fully saturated rings. The minimum absolute atomic E-state index is 0.352. The van der Waals surface area contributed by atoms with E-state index >= 15 is 0 Å². The van der Waals surface area contributed by atoms with Crippen LogP contribution in [-0.4, -0.2) is 38.8 Å². The molecule has 1 aliphatic rings. The second kappa shape index (κ2) is 10.7. The summed E-state index contributed by atoms with van der Waals surface area (Å²) in [5.74, 6) is 0.954. The van der Waals surface area contributed by atoms with Crippen LogP contribution in [0.4, 0.5) is 0 Å². The van der Waals surface area contributed by atoms with Crippen molar-refractivity contribution >= 4 is 17.3 Å². The van der Waals surface area contributed by atoms with Gasteiger partial charge in [0.15, 0.2) is 5.96 Å². The van der Waals surface area contributed by atoms with E-state index in [9.17, 15) is 0 Å². The second-order valence-corrected chi connectivity index (χ2v) is 7.44. The molecule has 0 aliphatic heterocycles. The van der Waals surface area contributed by atoms with E-state index in [1.54, 1.807) is 11.3 Å². The van der Waals surface area contributed by atoms with Gasteiger partial charge in [0.25, 0.3) is 0 Å². The molecular weight excluding hydrogens is 318 g/mol. The molecule has 0 radical (unpaired) electrons. The smallest absolute Gasteiger partial charge is 0.191 e. The second-order valence-electron chi connectivity index (χ2n) is 6.66. The SMILES string of the molecule is CCNC(=NCC1(CCOCC)CCCC1)NCCc1ccsc1. The van der Waals surface area contributed by atoms with Crippen LogP contribution in [0, 0.1) is 5.41 Å². The zero-order valence-corrected chi connectivity index (χ0v) is 16.1. The van der Waals surface area contributed by atoms with Gasteiger partial charge in [0.2, 0.25) is 0 Å². The Morgan fingerprint density at radius 3 is 2.79 bits per heavy atom. The summed E-state index contributed by atoms with van der Waals surface area (Å²) in [5, 5.41) is 11.2. The number of aliphatic imine (C=N–C) groups is 1. The largest absolute Gasteiger partial charge is 0.382 e. The summed E-state index contributed by atoms with van der Waals surface area (Å²) in [6.45, 7) is 8.61. The van der Waals surface area contributed by atoms with Gasteiger partial charge < -0.3 is 15.4 Å². The minimum atomic E-state index is 0.352. The van der Waals surface area contributed by atoms with Crippen molar-refractivity contribution < 1.29 is 4.74 Å². The fraction of sp³-hybridized carbons (Fsp3) is 0.737. The van der Waals surface area contributed by atoms with E-state index in [0.717, 1.165) is 51.6 Å². The predicted molar refractivity (Wildman–Crippen MR) is 104 cm³/mol. The number of nitrogens with one attached hydrogen (secondary N) is 2. The molecule has 0 saturated heterocycles. The van der Waals surface area contributed by atoms with Crippen molar-refractivity contribution in [2.24, 2.45) is 10.4 Å². The third-order valence-corrected chi connectivity index (χ3v) is 5.58. The Bertz CT molecular complexity index is 467. The molecule has 0 unspecified atom stereocenters. The van der Waals surface area contributed by atoms with Gasteiger partial charge in [-0.05, 0) is 67.3 Å². The lowest BCUT2D eigenvalue weighted by Gasteiger charge is -2.27. The molecule has 1 aliphatic carbocycles. The van der Waals surface area contributed by atoms with Crippen LogP contribution in [0.1, 0.15) is 51.5 Å². The Morgan fingerprint density at radius 1 is 1.29 bits per heavy atom. The first-order valence-corrected chi connectivity index (χ1v) is 10.3. The normalized spacial score (nSPS) is 17.2. The average molecular weight is 352 g/mol. The Labute approximate surface area is 151 Å². The van der Waals surface area contributed by atoms with Crippen molar-refractivity contribution in [3.05, 3.63) is 22.4 Å². The molecule has 0 aromatic carbocycles. The Morgan fingerprint density at radius 2 is 2.12 bits per heavy atom. The molecule has 1 saturated carbocycles. The van der Waals surface area contributed by atoms with Crippen LogP contribution in [-0.2, 0) is 11.2 Å². The average Bonchev–Trinajstić information content (AvgIpc) is 3.25. The van der Waals surface area contributed by atoms with E-state index in [2.05, 4.69) is 41.3 Å². The molecule has 0 bridgehead atoms. The summed E-state index contributed by atoms with van der Waals surface area (Å²) in [6, 6.07) is 2.19. The van der Waals surface area contributed by atoms with Crippen LogP contribution < -0.4 is 10.6 Å². The number of nitrogens with zero attached hydrogens (tertiary/aromatic N) is 1. The van der Waals surface area contributed by atoms with Crippen molar-refractivity contribution in [2.75, 3.05) is 32.8 Å². The van der Waals surface area contributed by atoms with Crippen LogP contribution in [0.25, 0.3) is 0 Å². The highest BCUT2D eigenvalue weighted by molar-refractivity contribution is 7.07. The lowest BCUT2D eigenvalue weighted by Crippen LogP contribution is -2.39. The third kappa shape index (κ3) is 6.44. The number of hydrogen-bond acceptors (Lipinski definition) is 3. The van der Waals surface area contributed by atoms with Gasteiger partial charge in [-0.15, -0.1) is 0 Å². The van der Waals surface area contributed by atoms with Crippen LogP contribution in [0.5, 0.6) is 0 Å². The molecule has 1 aromatic rings. The molecular formula is C19H33N3OS. The van der Waals surface area contributed by atoms with Gasteiger partial charge in [-0.1, -0.05) is 12.8 Å². The third-order valence-electron chi connectivity index (χ3n) is 4.85. The first kappa shape index (κ1) is 19.3. The Balaban J connectivity index is 1.84. The van der Waals surface area contributed by atoms with Gasteiger partial charge in [0.1, 0.15) is 0 Å². The number of ether oxygens (including phenoxy) is 1. The Hall–Kier alpha value is -1.07. The standard InChI is InChI=1S/C19H33N3OS/c1-3-20-18(21-12-7-17-8-14-24-15-17)22-16-19(9-5-6-10-19)11-13-23-4-2/h8,14-15H,3-7,9-13,16H2,1-2H3,(H2,20,21,22). The fourth-order valence-corrected chi connectivity index (χ4v) is 4.10. The monoisotopic (exact) mass is 351 g/mol. The van der Waals surface area contributed by atoms with Crippen molar-refractivity contribution in [1.29, 1.82) is 0 Å². The minimum Gasteiger partial charge on any atom is -0.382 e. The summed E-state index contributed by atoms with van der Waals surface area (Å²) >= 11 is 1.76. The number of guanidine groups is 1. The zero-order chi connectivity index (χ0) is 17.1. The molecule has 1 heterocycles. The molecule has 136 valence electrons. The summed E-state index contributed by atoms with van der Waals surface area (Å²) in [6.07, 6.45) is 7.44. The molecule has 4 nitrogen and oxygen atoms in total. The summed E-state index contributed by atoms with van der Waals surface area (Å²) in [5.41, 5.74) is 1.75. The van der Waals surface area contributed by atoms with E-state index in [4.69, 9.17) is 9.73 Å². The van der Waals surface area contributed by atoms with Crippen molar-refractivity contribution in [1.82, 2.24) is 10.6 Å². The van der Waals surface area contributed by atoms with Crippen molar-refractivity contribution in [3.63, 3.8) is 0 Å². The highest BCUT2D eigenvalue weighted by Crippen LogP contribution is 2.41. The summed E-state index contributed by atoms with van der Waals surface area (Å²) in [4.78, 5) is 4.91. The van der Waals surface area contributed by atoms with E-state index < -0.39 is 0 Å². The van der Waals surface area contributed by atoms with Crippen LogP contribution in [0.2, 0.25) is 0 Å². The summed E-state index contributed by atoms with van der Waals surface area (Å²) < 4.78 is 5.60. The number of rotatable bonds is 10. The molecule has 0 atom stereocenters. The predicted octanol–water partition coefficient (Wildman–Crippen LogP) is 3.83. The van der Waals surface area contributed by atoms with Crippen LogP contribution >= 0.6 is 11.3 Å². The number of thiophene rings is 1. The van der Waals surface area contributed by atoms with E-state index in [0.29, 0.717) is 5.41 Å². The fourth-order valence-electron chi connectivity index (χ4n) is 3.39. The van der Waals surface area contributed by atoms with Gasteiger partial charge in [-0.25, -0.2) is 0 Å². The highest BCUT2D eigenvalue weighted by Gasteiger charge is 2.33. The molecule has 24 heavy (non-hydrogen) atoms. The van der Waals surface area contributed by atoms with Gasteiger partial charge in [0.05, 0.1) is 0 Å². The van der Waals surface area contributed by atoms with Gasteiger partial charge >= 0.3 is 0 Å². The number of hydrogen-bond donors (Lipinski definition) is 2.